The van der Waals surface area contributed by atoms with Gasteiger partial charge in [-0.3, -0.25) is 14.9 Å². The van der Waals surface area contributed by atoms with Crippen molar-refractivity contribution >= 4 is 11.8 Å². The molecule has 0 aliphatic heterocycles. The molecule has 2 heterocycles. The van der Waals surface area contributed by atoms with E-state index in [0.717, 1.165) is 22.5 Å². The lowest BCUT2D eigenvalue weighted by molar-refractivity contribution is 0.0941. The van der Waals surface area contributed by atoms with Gasteiger partial charge in [-0.1, -0.05) is 60.7 Å². The summed E-state index contributed by atoms with van der Waals surface area (Å²) in [6.07, 6.45) is 0. The van der Waals surface area contributed by atoms with Gasteiger partial charge >= 0.3 is 0 Å². The summed E-state index contributed by atoms with van der Waals surface area (Å²) in [4.78, 5) is 30.8. The Bertz CT molecular complexity index is 1060. The summed E-state index contributed by atoms with van der Waals surface area (Å²) >= 11 is 0. The highest BCUT2D eigenvalue weighted by Gasteiger charge is 2.10. The Kier molecular flexibility index (Phi) is 6.25. The van der Waals surface area contributed by atoms with E-state index in [1.165, 1.54) is 0 Å². The van der Waals surface area contributed by atoms with Crippen LogP contribution >= 0.6 is 0 Å². The van der Waals surface area contributed by atoms with E-state index in [4.69, 9.17) is 0 Å². The highest BCUT2D eigenvalue weighted by Crippen LogP contribution is 2.18. The number of hydrogen-bond donors (Lipinski definition) is 5. The SMILES string of the molecule is O=C(NCNCNC(=O)c1ccc(-c2ccccc2)[nH]1)c1ccc(-c2ccccc2)[nH]1. The topological polar surface area (TPSA) is 102 Å². The Hall–Kier alpha value is -4.10. The van der Waals surface area contributed by atoms with Gasteiger partial charge in [0.1, 0.15) is 11.4 Å². The fraction of sp³-hybridized carbons (Fsp3) is 0.0833. The number of nitrogens with one attached hydrogen (secondary N) is 5. The quantitative estimate of drug-likeness (QED) is 0.226. The lowest BCUT2D eigenvalue weighted by Crippen LogP contribution is -2.40. The molecular formula is C24H23N5O2. The van der Waals surface area contributed by atoms with Crippen LogP contribution in [0.4, 0.5) is 0 Å². The van der Waals surface area contributed by atoms with Crippen molar-refractivity contribution in [1.82, 2.24) is 25.9 Å². The predicted molar refractivity (Wildman–Crippen MR) is 120 cm³/mol. The molecule has 4 aromatic rings. The van der Waals surface area contributed by atoms with Crippen molar-refractivity contribution in [3.63, 3.8) is 0 Å². The third-order valence-corrected chi connectivity index (χ3v) is 4.78. The number of aromatic amines is 2. The molecule has 0 aliphatic rings. The van der Waals surface area contributed by atoms with Gasteiger partial charge in [0.2, 0.25) is 0 Å². The van der Waals surface area contributed by atoms with Crippen molar-refractivity contribution in [3.05, 3.63) is 96.3 Å². The highest BCUT2D eigenvalue weighted by atomic mass is 16.2. The Morgan fingerprint density at radius 2 is 1.00 bits per heavy atom. The normalized spacial score (nSPS) is 10.6. The van der Waals surface area contributed by atoms with E-state index in [2.05, 4.69) is 25.9 Å². The van der Waals surface area contributed by atoms with Gasteiger partial charge in [0.25, 0.3) is 11.8 Å². The fourth-order valence-corrected chi connectivity index (χ4v) is 3.17. The smallest absolute Gasteiger partial charge is 0.268 e. The van der Waals surface area contributed by atoms with E-state index < -0.39 is 0 Å². The van der Waals surface area contributed by atoms with E-state index in [9.17, 15) is 9.59 Å². The van der Waals surface area contributed by atoms with Gasteiger partial charge in [-0.05, 0) is 35.4 Å². The molecule has 0 radical (unpaired) electrons. The van der Waals surface area contributed by atoms with E-state index >= 15 is 0 Å². The van der Waals surface area contributed by atoms with Crippen LogP contribution in [0.3, 0.4) is 0 Å². The van der Waals surface area contributed by atoms with Crippen LogP contribution in [0.25, 0.3) is 22.5 Å². The number of benzene rings is 2. The lowest BCUT2D eigenvalue weighted by atomic mass is 10.2. The van der Waals surface area contributed by atoms with Gasteiger partial charge in [-0.15, -0.1) is 0 Å². The van der Waals surface area contributed by atoms with Crippen molar-refractivity contribution in [2.75, 3.05) is 13.3 Å². The lowest BCUT2D eigenvalue weighted by Gasteiger charge is -2.08. The molecule has 0 unspecified atom stereocenters. The molecule has 0 bridgehead atoms. The molecule has 4 rings (SSSR count). The fourth-order valence-electron chi connectivity index (χ4n) is 3.17. The number of aromatic nitrogens is 2. The molecule has 0 aliphatic carbocycles. The third-order valence-electron chi connectivity index (χ3n) is 4.78. The van der Waals surface area contributed by atoms with E-state index in [1.54, 1.807) is 12.1 Å². The molecule has 7 heteroatoms. The molecule has 2 aromatic carbocycles. The van der Waals surface area contributed by atoms with Crippen LogP contribution in [0.15, 0.2) is 84.9 Å². The average molecular weight is 413 g/mol. The van der Waals surface area contributed by atoms with Gasteiger partial charge in [0.05, 0.1) is 13.3 Å². The number of rotatable bonds is 8. The molecule has 5 N–H and O–H groups in total. The second-order valence-corrected chi connectivity index (χ2v) is 6.92. The minimum atomic E-state index is -0.224. The van der Waals surface area contributed by atoms with Crippen LogP contribution in [0.1, 0.15) is 21.0 Å². The first kappa shape index (κ1) is 20.2. The molecule has 156 valence electrons. The van der Waals surface area contributed by atoms with Gasteiger partial charge in [0, 0.05) is 11.4 Å². The van der Waals surface area contributed by atoms with Gasteiger partial charge in [-0.25, -0.2) is 0 Å². The zero-order valence-corrected chi connectivity index (χ0v) is 16.8. The largest absolute Gasteiger partial charge is 0.351 e. The maximum Gasteiger partial charge on any atom is 0.268 e. The Morgan fingerprint density at radius 3 is 1.42 bits per heavy atom. The maximum absolute atomic E-state index is 12.3. The standard InChI is InChI=1S/C24H23N5O2/c30-23(21-13-11-19(28-21)17-7-3-1-4-8-17)26-15-25-16-27-24(31)22-14-12-20(29-22)18-9-5-2-6-10-18/h1-14,25,28-29H,15-16H2,(H,26,30)(H,27,31). The molecule has 31 heavy (non-hydrogen) atoms. The van der Waals surface area contributed by atoms with Crippen molar-refractivity contribution in [3.8, 4) is 22.5 Å². The highest BCUT2D eigenvalue weighted by molar-refractivity contribution is 5.94. The molecule has 0 spiro atoms. The zero-order valence-electron chi connectivity index (χ0n) is 16.8. The number of H-pyrrole nitrogens is 2. The first-order valence-corrected chi connectivity index (χ1v) is 9.97. The summed E-state index contributed by atoms with van der Waals surface area (Å²) in [6.45, 7) is 0.442. The summed E-state index contributed by atoms with van der Waals surface area (Å²) in [5, 5.41) is 8.50. The molecule has 7 nitrogen and oxygen atoms in total. The minimum Gasteiger partial charge on any atom is -0.351 e. The summed E-state index contributed by atoms with van der Waals surface area (Å²) in [5.74, 6) is -0.448. The van der Waals surface area contributed by atoms with Crippen LogP contribution in [0.5, 0.6) is 0 Å². The van der Waals surface area contributed by atoms with Crippen LogP contribution in [-0.2, 0) is 0 Å². The third kappa shape index (κ3) is 5.09. The monoisotopic (exact) mass is 413 g/mol. The van der Waals surface area contributed by atoms with Crippen molar-refractivity contribution in [1.29, 1.82) is 0 Å². The summed E-state index contributed by atoms with van der Waals surface area (Å²) in [5.41, 5.74) is 4.75. The molecule has 0 atom stereocenters. The first-order chi connectivity index (χ1) is 15.2. The molecule has 0 fully saturated rings. The predicted octanol–water partition coefficient (Wildman–Crippen LogP) is 3.34. The summed E-state index contributed by atoms with van der Waals surface area (Å²) in [7, 11) is 0. The molecule has 2 amide bonds. The van der Waals surface area contributed by atoms with Crippen LogP contribution < -0.4 is 16.0 Å². The van der Waals surface area contributed by atoms with Gasteiger partial charge < -0.3 is 20.6 Å². The summed E-state index contributed by atoms with van der Waals surface area (Å²) in [6, 6.07) is 26.8. The van der Waals surface area contributed by atoms with Crippen molar-refractivity contribution in [2.24, 2.45) is 0 Å². The Balaban J connectivity index is 1.20. The number of hydrogen-bond acceptors (Lipinski definition) is 3. The molecule has 0 saturated heterocycles. The Morgan fingerprint density at radius 1 is 0.581 bits per heavy atom. The zero-order chi connectivity index (χ0) is 21.5. The van der Waals surface area contributed by atoms with E-state index in [-0.39, 0.29) is 25.2 Å². The Labute approximate surface area is 179 Å². The van der Waals surface area contributed by atoms with Gasteiger partial charge in [-0.2, -0.15) is 0 Å². The maximum atomic E-state index is 12.3. The van der Waals surface area contributed by atoms with Crippen molar-refractivity contribution < 1.29 is 9.59 Å². The molecule has 0 saturated carbocycles. The van der Waals surface area contributed by atoms with Crippen molar-refractivity contribution in [2.45, 2.75) is 0 Å². The first-order valence-electron chi connectivity index (χ1n) is 9.97. The van der Waals surface area contributed by atoms with E-state index in [0.29, 0.717) is 11.4 Å². The second kappa shape index (κ2) is 9.60. The average Bonchev–Trinajstić information content (AvgIpc) is 3.50. The number of carbonyl (C=O) groups excluding carboxylic acids is 2. The van der Waals surface area contributed by atoms with E-state index in [1.807, 2.05) is 72.8 Å². The minimum absolute atomic E-state index is 0.221. The van der Waals surface area contributed by atoms with Gasteiger partial charge in [0.15, 0.2) is 0 Å². The second-order valence-electron chi connectivity index (χ2n) is 6.92. The molecular weight excluding hydrogens is 390 g/mol. The van der Waals surface area contributed by atoms with Crippen LogP contribution in [0, 0.1) is 0 Å². The number of amides is 2. The van der Waals surface area contributed by atoms with Crippen LogP contribution in [0.2, 0.25) is 0 Å². The summed E-state index contributed by atoms with van der Waals surface area (Å²) < 4.78 is 0. The molecule has 2 aromatic heterocycles. The van der Waals surface area contributed by atoms with Crippen LogP contribution in [-0.4, -0.2) is 35.1 Å². The number of carbonyl (C=O) groups is 2.